The number of amides is 1. The molecule has 1 aromatic heterocycles. The Morgan fingerprint density at radius 2 is 1.74 bits per heavy atom. The minimum absolute atomic E-state index is 0.158. The highest BCUT2D eigenvalue weighted by Gasteiger charge is 2.36. The number of rotatable bonds is 6. The summed E-state index contributed by atoms with van der Waals surface area (Å²) in [5.74, 6) is 0.951. The van der Waals surface area contributed by atoms with Crippen LogP contribution in [0.5, 0.6) is 0 Å². The van der Waals surface area contributed by atoms with Crippen LogP contribution in [0, 0.1) is 11.3 Å². The first-order chi connectivity index (χ1) is 13.2. The van der Waals surface area contributed by atoms with E-state index in [0.717, 1.165) is 19.1 Å². The van der Waals surface area contributed by atoms with Gasteiger partial charge in [-0.3, -0.25) is 4.79 Å². The van der Waals surface area contributed by atoms with Crippen LogP contribution in [-0.2, 0) is 11.3 Å². The van der Waals surface area contributed by atoms with E-state index in [0.29, 0.717) is 12.3 Å². The van der Waals surface area contributed by atoms with Crippen molar-refractivity contribution in [3.8, 4) is 0 Å². The van der Waals surface area contributed by atoms with Gasteiger partial charge in [0.1, 0.15) is 0 Å². The van der Waals surface area contributed by atoms with Crippen LogP contribution in [0.2, 0.25) is 0 Å². The van der Waals surface area contributed by atoms with Gasteiger partial charge >= 0.3 is 0 Å². The van der Waals surface area contributed by atoms with Gasteiger partial charge in [0.05, 0.1) is 0 Å². The Kier molecular flexibility index (Phi) is 6.21. The number of piperidine rings is 2. The molecule has 1 aromatic rings. The van der Waals surface area contributed by atoms with Crippen LogP contribution >= 0.6 is 0 Å². The third-order valence-electron chi connectivity index (χ3n) is 7.42. The summed E-state index contributed by atoms with van der Waals surface area (Å²) in [5, 5.41) is 3.36. The second kappa shape index (κ2) is 8.81. The lowest BCUT2D eigenvalue weighted by molar-refractivity contribution is -0.124. The van der Waals surface area contributed by atoms with Crippen molar-refractivity contribution >= 4 is 5.91 Å². The molecule has 4 nitrogen and oxygen atoms in total. The first-order valence-corrected chi connectivity index (χ1v) is 11.4. The lowest BCUT2D eigenvalue weighted by atomic mass is 9.71. The molecule has 2 atom stereocenters. The van der Waals surface area contributed by atoms with E-state index in [4.69, 9.17) is 0 Å². The molecule has 4 rings (SSSR count). The predicted molar refractivity (Wildman–Crippen MR) is 110 cm³/mol. The molecule has 1 aliphatic carbocycles. The maximum absolute atomic E-state index is 12.9. The minimum Gasteiger partial charge on any atom is -0.356 e. The lowest BCUT2D eigenvalue weighted by Gasteiger charge is -2.44. The van der Waals surface area contributed by atoms with Gasteiger partial charge in [-0.2, -0.15) is 0 Å². The van der Waals surface area contributed by atoms with Gasteiger partial charge < -0.3 is 14.8 Å². The maximum Gasteiger partial charge on any atom is 0.220 e. The summed E-state index contributed by atoms with van der Waals surface area (Å²) >= 11 is 0. The molecule has 150 valence electrons. The third kappa shape index (κ3) is 4.77. The van der Waals surface area contributed by atoms with Crippen LogP contribution < -0.4 is 5.32 Å². The molecule has 0 spiro atoms. The number of hydrogen-bond acceptors (Lipinski definition) is 2. The second-order valence-electron chi connectivity index (χ2n) is 9.40. The highest BCUT2D eigenvalue weighted by Crippen LogP contribution is 2.41. The Morgan fingerprint density at radius 3 is 2.56 bits per heavy atom. The van der Waals surface area contributed by atoms with Gasteiger partial charge in [-0.05, 0) is 75.1 Å². The molecule has 2 saturated heterocycles. The minimum atomic E-state index is 0.158. The van der Waals surface area contributed by atoms with Crippen molar-refractivity contribution in [1.82, 2.24) is 14.8 Å². The topological polar surface area (TPSA) is 37.3 Å². The monoisotopic (exact) mass is 371 g/mol. The van der Waals surface area contributed by atoms with Gasteiger partial charge in [-0.25, -0.2) is 0 Å². The summed E-state index contributed by atoms with van der Waals surface area (Å²) in [7, 11) is 0. The van der Waals surface area contributed by atoms with Crippen molar-refractivity contribution in [3.63, 3.8) is 0 Å². The Balaban J connectivity index is 1.32. The summed E-state index contributed by atoms with van der Waals surface area (Å²) in [6.07, 6.45) is 17.9. The molecule has 2 aliphatic heterocycles. The van der Waals surface area contributed by atoms with E-state index >= 15 is 0 Å². The number of hydrogen-bond donors (Lipinski definition) is 1. The van der Waals surface area contributed by atoms with Gasteiger partial charge in [-0.1, -0.05) is 25.7 Å². The molecule has 3 aliphatic rings. The largest absolute Gasteiger partial charge is 0.356 e. The SMILES string of the molecule is O=C(CC1(Cn2cccc2)CCCCC1)NC[C@@H]1CCCN2CCCC[C@H]12. The van der Waals surface area contributed by atoms with Gasteiger partial charge in [0, 0.05) is 37.9 Å². The van der Waals surface area contributed by atoms with Crippen LogP contribution in [0.15, 0.2) is 24.5 Å². The number of carbonyl (C=O) groups is 1. The summed E-state index contributed by atoms with van der Waals surface area (Å²) in [6, 6.07) is 4.90. The first kappa shape index (κ1) is 19.0. The van der Waals surface area contributed by atoms with Gasteiger partial charge in [0.2, 0.25) is 5.91 Å². The molecule has 1 N–H and O–H groups in total. The number of aromatic nitrogens is 1. The maximum atomic E-state index is 12.9. The van der Waals surface area contributed by atoms with Crippen molar-refractivity contribution in [2.45, 2.75) is 83.2 Å². The van der Waals surface area contributed by atoms with Gasteiger partial charge in [0.25, 0.3) is 0 Å². The van der Waals surface area contributed by atoms with Crippen molar-refractivity contribution in [1.29, 1.82) is 0 Å². The quantitative estimate of drug-likeness (QED) is 0.813. The van der Waals surface area contributed by atoms with Crippen molar-refractivity contribution in [2.75, 3.05) is 19.6 Å². The Hall–Kier alpha value is -1.29. The Morgan fingerprint density at radius 1 is 0.963 bits per heavy atom. The van der Waals surface area contributed by atoms with Crippen LogP contribution in [0.1, 0.15) is 70.6 Å². The molecular weight excluding hydrogens is 334 g/mol. The van der Waals surface area contributed by atoms with Crippen LogP contribution in [0.25, 0.3) is 0 Å². The normalized spacial score (nSPS) is 28.4. The molecule has 3 heterocycles. The number of fused-ring (bicyclic) bond motifs is 1. The Bertz CT molecular complexity index is 589. The zero-order valence-corrected chi connectivity index (χ0v) is 16.9. The summed E-state index contributed by atoms with van der Waals surface area (Å²) in [6.45, 7) is 4.43. The van der Waals surface area contributed by atoms with E-state index in [-0.39, 0.29) is 11.3 Å². The average molecular weight is 372 g/mol. The molecule has 0 aromatic carbocycles. The van der Waals surface area contributed by atoms with E-state index < -0.39 is 0 Å². The first-order valence-electron chi connectivity index (χ1n) is 11.4. The average Bonchev–Trinajstić information content (AvgIpc) is 3.19. The molecule has 4 heteroatoms. The smallest absolute Gasteiger partial charge is 0.220 e. The highest BCUT2D eigenvalue weighted by atomic mass is 16.1. The highest BCUT2D eigenvalue weighted by molar-refractivity contribution is 5.76. The molecule has 3 fully saturated rings. The molecule has 0 radical (unpaired) electrons. The number of carbonyl (C=O) groups excluding carboxylic acids is 1. The molecule has 1 saturated carbocycles. The van der Waals surface area contributed by atoms with Gasteiger partial charge in [-0.15, -0.1) is 0 Å². The molecule has 1 amide bonds. The van der Waals surface area contributed by atoms with E-state index in [1.165, 1.54) is 77.3 Å². The summed E-state index contributed by atoms with van der Waals surface area (Å²) in [5.41, 5.74) is 0.158. The van der Waals surface area contributed by atoms with Crippen molar-refractivity contribution < 1.29 is 4.79 Å². The third-order valence-corrected chi connectivity index (χ3v) is 7.42. The van der Waals surface area contributed by atoms with Crippen LogP contribution in [0.4, 0.5) is 0 Å². The van der Waals surface area contributed by atoms with Crippen LogP contribution in [0.3, 0.4) is 0 Å². The molecule has 0 unspecified atom stereocenters. The summed E-state index contributed by atoms with van der Waals surface area (Å²) < 4.78 is 2.28. The van der Waals surface area contributed by atoms with E-state index in [1.807, 2.05) is 0 Å². The predicted octanol–water partition coefficient (Wildman–Crippen LogP) is 4.21. The molecule has 27 heavy (non-hydrogen) atoms. The standard InChI is InChI=1S/C23H37N3O/c27-22(24-18-20-9-8-16-26-15-5-2-10-21(20)26)17-23(11-3-1-4-12-23)19-25-13-6-7-14-25/h6-7,13-14,20-21H,1-5,8-12,15-19H2,(H,24,27)/t20-,21+/m0/s1. The summed E-state index contributed by atoms with van der Waals surface area (Å²) in [4.78, 5) is 15.6. The van der Waals surface area contributed by atoms with Gasteiger partial charge in [0.15, 0.2) is 0 Å². The molecule has 0 bridgehead atoms. The zero-order chi connectivity index (χ0) is 18.5. The molecular formula is C23H37N3O. The van der Waals surface area contributed by atoms with Crippen molar-refractivity contribution in [2.24, 2.45) is 11.3 Å². The van der Waals surface area contributed by atoms with E-state index in [1.54, 1.807) is 0 Å². The second-order valence-corrected chi connectivity index (χ2v) is 9.40. The fourth-order valence-electron chi connectivity index (χ4n) is 6.02. The number of nitrogens with zero attached hydrogens (tertiary/aromatic N) is 2. The van der Waals surface area contributed by atoms with Crippen molar-refractivity contribution in [3.05, 3.63) is 24.5 Å². The zero-order valence-electron chi connectivity index (χ0n) is 16.9. The van der Waals surface area contributed by atoms with E-state index in [9.17, 15) is 4.79 Å². The fourth-order valence-corrected chi connectivity index (χ4v) is 6.02. The van der Waals surface area contributed by atoms with Crippen LogP contribution in [-0.4, -0.2) is 41.1 Å². The lowest BCUT2D eigenvalue weighted by Crippen LogP contribution is -2.51. The Labute approximate surface area is 164 Å². The van der Waals surface area contributed by atoms with E-state index in [2.05, 4.69) is 39.3 Å². The fraction of sp³-hybridized carbons (Fsp3) is 0.783. The number of nitrogens with one attached hydrogen (secondary N) is 1.